The van der Waals surface area contributed by atoms with Gasteiger partial charge in [0.05, 0.1) is 22.0 Å². The van der Waals surface area contributed by atoms with E-state index < -0.39 is 22.6 Å². The molecule has 0 spiro atoms. The minimum Gasteiger partial charge on any atom is -0.479 e. The number of carboxylic acid groups (broad SMARTS) is 1. The predicted molar refractivity (Wildman–Crippen MR) is 126 cm³/mol. The van der Waals surface area contributed by atoms with Crippen LogP contribution in [0, 0.1) is 10.1 Å². The molecule has 0 aliphatic carbocycles. The van der Waals surface area contributed by atoms with Gasteiger partial charge in [0.15, 0.2) is 6.10 Å². The highest BCUT2D eigenvalue weighted by Gasteiger charge is 2.17. The van der Waals surface area contributed by atoms with Crippen LogP contribution in [0.1, 0.15) is 38.1 Å². The Kier molecular flexibility index (Phi) is 7.54. The number of rotatable bonds is 9. The summed E-state index contributed by atoms with van der Waals surface area (Å²) in [6, 6.07) is 8.89. The monoisotopic (exact) mass is 516 g/mol. The molecule has 3 aromatic rings. The summed E-state index contributed by atoms with van der Waals surface area (Å²) < 4.78 is 7.29. The molecule has 1 atom stereocenters. The number of carboxylic acids is 1. The van der Waals surface area contributed by atoms with E-state index in [0.717, 1.165) is 17.5 Å². The molecule has 0 saturated heterocycles. The summed E-state index contributed by atoms with van der Waals surface area (Å²) in [6.45, 7) is 3.35. The average Bonchev–Trinajstić information content (AvgIpc) is 2.78. The molecule has 0 unspecified atom stereocenters. The van der Waals surface area contributed by atoms with Crippen LogP contribution in [0.2, 0.25) is 0 Å². The number of unbranched alkanes of at least 4 members (excludes halogenated alkanes) is 1. The van der Waals surface area contributed by atoms with Crippen LogP contribution in [-0.4, -0.2) is 38.0 Å². The average molecular weight is 517 g/mol. The molecule has 0 aliphatic rings. The lowest BCUT2D eigenvalue weighted by atomic mass is 10.2. The van der Waals surface area contributed by atoms with Crippen molar-refractivity contribution in [3.05, 3.63) is 72.7 Å². The Morgan fingerprint density at radius 1 is 1.36 bits per heavy atom. The van der Waals surface area contributed by atoms with Gasteiger partial charge < -0.3 is 9.84 Å². The molecule has 2 aromatic carbocycles. The van der Waals surface area contributed by atoms with E-state index in [4.69, 9.17) is 9.84 Å². The molecule has 0 radical (unpaired) electrons. The SMILES string of the molecule is CCCCc1nc2ccc(Br)cc2c(=O)n1N=Cc1cc([N+](=O)[O-])ccc1O[C@@H](C)C(=O)O. The number of nitrogens with zero attached hydrogens (tertiary/aromatic N) is 4. The van der Waals surface area contributed by atoms with Gasteiger partial charge in [-0.3, -0.25) is 14.9 Å². The third-order valence-electron chi connectivity index (χ3n) is 4.80. The van der Waals surface area contributed by atoms with Crippen LogP contribution in [0.4, 0.5) is 5.69 Å². The van der Waals surface area contributed by atoms with Crippen LogP contribution in [0.25, 0.3) is 10.9 Å². The first-order valence-corrected chi connectivity index (χ1v) is 10.9. The van der Waals surface area contributed by atoms with Crippen molar-refractivity contribution in [1.29, 1.82) is 0 Å². The zero-order valence-corrected chi connectivity index (χ0v) is 19.5. The van der Waals surface area contributed by atoms with E-state index in [1.165, 1.54) is 31.3 Å². The van der Waals surface area contributed by atoms with Crippen LogP contribution in [0.5, 0.6) is 5.75 Å². The molecule has 0 aliphatic heterocycles. The molecule has 0 amide bonds. The number of nitro groups is 1. The Bertz CT molecular complexity index is 1300. The Balaban J connectivity index is 2.14. The number of carbonyl (C=O) groups is 1. The molecule has 0 saturated carbocycles. The first kappa shape index (κ1) is 24.1. The zero-order chi connectivity index (χ0) is 24.1. The summed E-state index contributed by atoms with van der Waals surface area (Å²) in [7, 11) is 0. The largest absolute Gasteiger partial charge is 0.479 e. The summed E-state index contributed by atoms with van der Waals surface area (Å²) in [5, 5.41) is 25.0. The summed E-state index contributed by atoms with van der Waals surface area (Å²) in [5.74, 6) is -0.669. The number of hydrogen-bond donors (Lipinski definition) is 1. The van der Waals surface area contributed by atoms with Crippen LogP contribution >= 0.6 is 15.9 Å². The van der Waals surface area contributed by atoms with E-state index in [2.05, 4.69) is 26.0 Å². The zero-order valence-electron chi connectivity index (χ0n) is 17.9. The number of benzene rings is 2. The van der Waals surface area contributed by atoms with E-state index in [1.807, 2.05) is 6.92 Å². The molecule has 1 aromatic heterocycles. The normalized spacial score (nSPS) is 12.2. The second kappa shape index (κ2) is 10.3. The molecule has 0 fully saturated rings. The van der Waals surface area contributed by atoms with Crippen molar-refractivity contribution < 1.29 is 19.6 Å². The number of halogens is 1. The molecule has 1 N–H and O–H groups in total. The van der Waals surface area contributed by atoms with Gasteiger partial charge in [0.2, 0.25) is 0 Å². The third-order valence-corrected chi connectivity index (χ3v) is 5.29. The first-order valence-electron chi connectivity index (χ1n) is 10.1. The van der Waals surface area contributed by atoms with E-state index in [-0.39, 0.29) is 17.0 Å². The topological polar surface area (TPSA) is 137 Å². The molecule has 3 rings (SSSR count). The van der Waals surface area contributed by atoms with Gasteiger partial charge in [-0.25, -0.2) is 9.78 Å². The van der Waals surface area contributed by atoms with Crippen molar-refractivity contribution in [1.82, 2.24) is 9.66 Å². The van der Waals surface area contributed by atoms with Gasteiger partial charge in [-0.1, -0.05) is 29.3 Å². The maximum atomic E-state index is 13.2. The summed E-state index contributed by atoms with van der Waals surface area (Å²) in [6.07, 6.45) is 2.21. The van der Waals surface area contributed by atoms with Crippen LogP contribution < -0.4 is 10.3 Å². The van der Waals surface area contributed by atoms with Gasteiger partial charge in [-0.05, 0) is 37.6 Å². The van der Waals surface area contributed by atoms with E-state index >= 15 is 0 Å². The van der Waals surface area contributed by atoms with Crippen molar-refractivity contribution >= 4 is 44.7 Å². The molecular formula is C22H21BrN4O6. The Morgan fingerprint density at radius 3 is 2.79 bits per heavy atom. The Morgan fingerprint density at radius 2 is 2.12 bits per heavy atom. The number of aliphatic carboxylic acids is 1. The summed E-state index contributed by atoms with van der Waals surface area (Å²) >= 11 is 3.35. The van der Waals surface area contributed by atoms with Gasteiger partial charge in [0.1, 0.15) is 11.6 Å². The third kappa shape index (κ3) is 5.61. The standard InChI is InChI=1S/C22H21BrN4O6/c1-3-4-5-20-25-18-8-6-15(23)11-17(18)21(28)26(20)24-12-14-10-16(27(31)32)7-9-19(14)33-13(2)22(29)30/h6-13H,3-5H2,1-2H3,(H,29,30)/t13-/m0/s1. The van der Waals surface area contributed by atoms with Crippen molar-refractivity contribution in [2.24, 2.45) is 5.10 Å². The van der Waals surface area contributed by atoms with E-state index in [1.54, 1.807) is 18.2 Å². The molecule has 10 nitrogen and oxygen atoms in total. The highest BCUT2D eigenvalue weighted by Crippen LogP contribution is 2.24. The predicted octanol–water partition coefficient (Wildman–Crippen LogP) is 4.14. The summed E-state index contributed by atoms with van der Waals surface area (Å²) in [4.78, 5) is 39.6. The van der Waals surface area contributed by atoms with E-state index in [9.17, 15) is 19.7 Å². The van der Waals surface area contributed by atoms with Crippen molar-refractivity contribution in [3.8, 4) is 5.75 Å². The van der Waals surface area contributed by atoms with Crippen molar-refractivity contribution in [2.45, 2.75) is 39.2 Å². The maximum Gasteiger partial charge on any atom is 0.344 e. The lowest BCUT2D eigenvalue weighted by Crippen LogP contribution is -2.24. The molecular weight excluding hydrogens is 496 g/mol. The number of fused-ring (bicyclic) bond motifs is 1. The van der Waals surface area contributed by atoms with Gasteiger partial charge in [0.25, 0.3) is 11.2 Å². The van der Waals surface area contributed by atoms with Crippen molar-refractivity contribution in [3.63, 3.8) is 0 Å². The molecule has 172 valence electrons. The van der Waals surface area contributed by atoms with Gasteiger partial charge in [-0.15, -0.1) is 0 Å². The van der Waals surface area contributed by atoms with Crippen molar-refractivity contribution in [2.75, 3.05) is 0 Å². The fourth-order valence-electron chi connectivity index (χ4n) is 3.03. The number of aryl methyl sites for hydroxylation is 1. The van der Waals surface area contributed by atoms with E-state index in [0.29, 0.717) is 27.6 Å². The lowest BCUT2D eigenvalue weighted by Gasteiger charge is -2.13. The lowest BCUT2D eigenvalue weighted by molar-refractivity contribution is -0.384. The van der Waals surface area contributed by atoms with Gasteiger partial charge >= 0.3 is 5.97 Å². The second-order valence-electron chi connectivity index (χ2n) is 7.23. The number of ether oxygens (including phenoxy) is 1. The molecule has 0 bridgehead atoms. The van der Waals surface area contributed by atoms with Crippen LogP contribution in [0.15, 0.2) is 50.8 Å². The molecule has 1 heterocycles. The first-order chi connectivity index (χ1) is 15.7. The number of nitro benzene ring substituents is 1. The smallest absolute Gasteiger partial charge is 0.344 e. The molecule has 33 heavy (non-hydrogen) atoms. The van der Waals surface area contributed by atoms with Crippen LogP contribution in [-0.2, 0) is 11.2 Å². The Labute approximate surface area is 196 Å². The number of hydrogen-bond acceptors (Lipinski definition) is 7. The van der Waals surface area contributed by atoms with Gasteiger partial charge in [-0.2, -0.15) is 9.78 Å². The van der Waals surface area contributed by atoms with Crippen LogP contribution in [0.3, 0.4) is 0 Å². The highest BCUT2D eigenvalue weighted by molar-refractivity contribution is 9.10. The second-order valence-corrected chi connectivity index (χ2v) is 8.15. The van der Waals surface area contributed by atoms with Gasteiger partial charge in [0, 0.05) is 28.6 Å². The molecule has 11 heteroatoms. The highest BCUT2D eigenvalue weighted by atomic mass is 79.9. The number of aromatic nitrogens is 2. The minimum absolute atomic E-state index is 0.0823. The Hall–Kier alpha value is -3.60. The minimum atomic E-state index is -1.20. The fraction of sp³-hybridized carbons (Fsp3) is 0.273. The quantitative estimate of drug-likeness (QED) is 0.256. The number of non-ortho nitro benzene ring substituents is 1. The fourth-order valence-corrected chi connectivity index (χ4v) is 3.39. The summed E-state index contributed by atoms with van der Waals surface area (Å²) in [5.41, 5.74) is 0.0664. The maximum absolute atomic E-state index is 13.2.